The number of anilines is 2. The summed E-state index contributed by atoms with van der Waals surface area (Å²) in [5.74, 6) is 1.57. The average molecular weight is 348 g/mol. The monoisotopic (exact) mass is 348 g/mol. The molecule has 1 fully saturated rings. The van der Waals surface area contributed by atoms with E-state index in [1.165, 1.54) is 32.1 Å². The summed E-state index contributed by atoms with van der Waals surface area (Å²) in [6, 6.07) is 5.58. The summed E-state index contributed by atoms with van der Waals surface area (Å²) < 4.78 is 10.7. The second kappa shape index (κ2) is 8.97. The summed E-state index contributed by atoms with van der Waals surface area (Å²) >= 11 is 0. The summed E-state index contributed by atoms with van der Waals surface area (Å²) in [5.41, 5.74) is 1.05. The summed E-state index contributed by atoms with van der Waals surface area (Å²) in [7, 11) is 1.64. The number of hydrogen-bond donors (Lipinski definition) is 2. The lowest BCUT2D eigenvalue weighted by Gasteiger charge is -2.23. The Hall–Kier alpha value is -1.91. The first-order valence-corrected chi connectivity index (χ1v) is 9.29. The first-order valence-electron chi connectivity index (χ1n) is 9.29. The number of ether oxygens (including phenoxy) is 2. The smallest absolute Gasteiger partial charge is 0.412 e. The second-order valence-corrected chi connectivity index (χ2v) is 7.76. The number of carbonyl (C=O) groups is 1. The number of carbonyl (C=O) groups excluding carboxylic acids is 1. The minimum Gasteiger partial charge on any atom is -0.497 e. The van der Waals surface area contributed by atoms with Gasteiger partial charge in [-0.2, -0.15) is 0 Å². The lowest BCUT2D eigenvalue weighted by molar-refractivity contribution is 0.0636. The van der Waals surface area contributed by atoms with E-state index >= 15 is 0 Å². The molecular weight excluding hydrogens is 316 g/mol. The van der Waals surface area contributed by atoms with E-state index in [4.69, 9.17) is 9.47 Å². The van der Waals surface area contributed by atoms with E-state index in [1.807, 2.05) is 39.0 Å². The molecule has 1 aromatic rings. The fraction of sp³-hybridized carbons (Fsp3) is 0.650. The van der Waals surface area contributed by atoms with Gasteiger partial charge in [-0.25, -0.2) is 4.79 Å². The molecule has 0 saturated heterocycles. The van der Waals surface area contributed by atoms with E-state index in [0.29, 0.717) is 5.69 Å². The van der Waals surface area contributed by atoms with Crippen molar-refractivity contribution in [2.24, 2.45) is 5.92 Å². The number of amides is 1. The minimum atomic E-state index is -0.523. The number of methoxy groups -OCH3 is 1. The highest BCUT2D eigenvalue weighted by Crippen LogP contribution is 2.29. The number of benzene rings is 1. The Bertz CT molecular complexity index is 561. The van der Waals surface area contributed by atoms with Crippen molar-refractivity contribution in [2.45, 2.75) is 64.9 Å². The van der Waals surface area contributed by atoms with Crippen LogP contribution in [0.1, 0.15) is 59.3 Å². The summed E-state index contributed by atoms with van der Waals surface area (Å²) in [5, 5.41) is 6.28. The maximum atomic E-state index is 12.1. The molecule has 1 amide bonds. The molecule has 0 spiro atoms. The lowest BCUT2D eigenvalue weighted by Crippen LogP contribution is -2.27. The third kappa shape index (κ3) is 6.85. The van der Waals surface area contributed by atoms with E-state index in [9.17, 15) is 4.79 Å². The van der Waals surface area contributed by atoms with Crippen LogP contribution in [0.4, 0.5) is 16.2 Å². The molecule has 25 heavy (non-hydrogen) atoms. The maximum Gasteiger partial charge on any atom is 0.412 e. The summed E-state index contributed by atoms with van der Waals surface area (Å²) in [6.45, 7) is 6.44. The quantitative estimate of drug-likeness (QED) is 0.720. The number of rotatable bonds is 6. The fourth-order valence-corrected chi connectivity index (χ4v) is 3.21. The van der Waals surface area contributed by atoms with Crippen LogP contribution in [0, 0.1) is 5.92 Å². The van der Waals surface area contributed by atoms with Gasteiger partial charge in [0.25, 0.3) is 0 Å². The van der Waals surface area contributed by atoms with Gasteiger partial charge in [-0.3, -0.25) is 5.32 Å². The third-order valence-electron chi connectivity index (χ3n) is 4.46. The molecule has 1 saturated carbocycles. The second-order valence-electron chi connectivity index (χ2n) is 7.76. The SMILES string of the molecule is COc1ccc(NC(=O)OC(C)(C)C)c(NCCC2CCCCC2)c1. The Morgan fingerprint density at radius 1 is 1.16 bits per heavy atom. The Balaban J connectivity index is 1.97. The highest BCUT2D eigenvalue weighted by Gasteiger charge is 2.18. The number of nitrogens with one attached hydrogen (secondary N) is 2. The van der Waals surface area contributed by atoms with Gasteiger partial charge < -0.3 is 14.8 Å². The first kappa shape index (κ1) is 19.4. The predicted octanol–water partition coefficient (Wildman–Crippen LogP) is 5.42. The molecule has 0 radical (unpaired) electrons. The average Bonchev–Trinajstić information content (AvgIpc) is 2.55. The Kier molecular flexibility index (Phi) is 6.97. The zero-order chi connectivity index (χ0) is 18.3. The third-order valence-corrected chi connectivity index (χ3v) is 4.46. The minimum absolute atomic E-state index is 0.451. The van der Waals surface area contributed by atoms with Gasteiger partial charge in [0.05, 0.1) is 18.5 Å². The van der Waals surface area contributed by atoms with Crippen LogP contribution in [-0.2, 0) is 4.74 Å². The molecule has 5 nitrogen and oxygen atoms in total. The number of hydrogen-bond acceptors (Lipinski definition) is 4. The molecule has 1 aliphatic carbocycles. The summed E-state index contributed by atoms with van der Waals surface area (Å²) in [4.78, 5) is 12.1. The van der Waals surface area contributed by atoms with Crippen LogP contribution in [0.5, 0.6) is 5.75 Å². The van der Waals surface area contributed by atoms with E-state index in [1.54, 1.807) is 7.11 Å². The Morgan fingerprint density at radius 3 is 2.52 bits per heavy atom. The van der Waals surface area contributed by atoms with Crippen LogP contribution >= 0.6 is 0 Å². The van der Waals surface area contributed by atoms with Gasteiger partial charge in [-0.05, 0) is 45.2 Å². The zero-order valence-electron chi connectivity index (χ0n) is 16.0. The van der Waals surface area contributed by atoms with Gasteiger partial charge in [0, 0.05) is 12.6 Å². The van der Waals surface area contributed by atoms with Gasteiger partial charge in [0.15, 0.2) is 0 Å². The highest BCUT2D eigenvalue weighted by atomic mass is 16.6. The van der Waals surface area contributed by atoms with Crippen molar-refractivity contribution >= 4 is 17.5 Å². The molecule has 0 unspecified atom stereocenters. The van der Waals surface area contributed by atoms with Crippen molar-refractivity contribution in [3.05, 3.63) is 18.2 Å². The van der Waals surface area contributed by atoms with E-state index in [0.717, 1.165) is 30.3 Å². The Labute approximate surface area is 151 Å². The van der Waals surface area contributed by atoms with Crippen LogP contribution in [0.15, 0.2) is 18.2 Å². The zero-order valence-corrected chi connectivity index (χ0v) is 16.0. The molecule has 0 aromatic heterocycles. The van der Waals surface area contributed by atoms with Crippen LogP contribution in [0.3, 0.4) is 0 Å². The molecule has 5 heteroatoms. The lowest BCUT2D eigenvalue weighted by atomic mass is 9.87. The largest absolute Gasteiger partial charge is 0.497 e. The molecular formula is C20H32N2O3. The molecule has 0 heterocycles. The van der Waals surface area contributed by atoms with Gasteiger partial charge in [-0.15, -0.1) is 0 Å². The molecule has 0 aliphatic heterocycles. The molecule has 1 aromatic carbocycles. The van der Waals surface area contributed by atoms with Crippen LogP contribution < -0.4 is 15.4 Å². The van der Waals surface area contributed by atoms with E-state index in [-0.39, 0.29) is 0 Å². The fourth-order valence-electron chi connectivity index (χ4n) is 3.21. The standard InChI is InChI=1S/C20H32N2O3/c1-20(2,3)25-19(23)22-17-11-10-16(24-4)14-18(17)21-13-12-15-8-6-5-7-9-15/h10-11,14-15,21H,5-9,12-13H2,1-4H3,(H,22,23). The van der Waals surface area contributed by atoms with Crippen molar-refractivity contribution in [1.29, 1.82) is 0 Å². The van der Waals surface area contributed by atoms with E-state index < -0.39 is 11.7 Å². The molecule has 2 rings (SSSR count). The Morgan fingerprint density at radius 2 is 1.88 bits per heavy atom. The highest BCUT2D eigenvalue weighted by molar-refractivity contribution is 5.90. The van der Waals surface area contributed by atoms with Crippen molar-refractivity contribution in [1.82, 2.24) is 0 Å². The van der Waals surface area contributed by atoms with Gasteiger partial charge in [0.1, 0.15) is 11.4 Å². The van der Waals surface area contributed by atoms with Crippen LogP contribution in [-0.4, -0.2) is 25.3 Å². The molecule has 2 N–H and O–H groups in total. The van der Waals surface area contributed by atoms with Gasteiger partial charge in [-0.1, -0.05) is 32.1 Å². The predicted molar refractivity (Wildman–Crippen MR) is 103 cm³/mol. The van der Waals surface area contributed by atoms with Gasteiger partial charge in [0.2, 0.25) is 0 Å². The van der Waals surface area contributed by atoms with Crippen molar-refractivity contribution in [3.8, 4) is 5.75 Å². The van der Waals surface area contributed by atoms with Crippen molar-refractivity contribution < 1.29 is 14.3 Å². The first-order chi connectivity index (χ1) is 11.9. The molecule has 140 valence electrons. The molecule has 1 aliphatic rings. The molecule has 0 bridgehead atoms. The molecule has 0 atom stereocenters. The summed E-state index contributed by atoms with van der Waals surface area (Å²) in [6.07, 6.45) is 7.47. The van der Waals surface area contributed by atoms with Gasteiger partial charge >= 0.3 is 6.09 Å². The van der Waals surface area contributed by atoms with Crippen LogP contribution in [0.2, 0.25) is 0 Å². The van der Waals surface area contributed by atoms with Crippen LogP contribution in [0.25, 0.3) is 0 Å². The van der Waals surface area contributed by atoms with Crippen molar-refractivity contribution in [2.75, 3.05) is 24.3 Å². The normalized spacial score (nSPS) is 15.5. The topological polar surface area (TPSA) is 59.6 Å². The maximum absolute atomic E-state index is 12.1. The van der Waals surface area contributed by atoms with Crippen molar-refractivity contribution in [3.63, 3.8) is 0 Å². The van der Waals surface area contributed by atoms with E-state index in [2.05, 4.69) is 10.6 Å².